The zero-order chi connectivity index (χ0) is 11.4. The Bertz CT molecular complexity index is 453. The molecule has 2 aromatic rings. The van der Waals surface area contributed by atoms with Crippen LogP contribution in [-0.2, 0) is 0 Å². The van der Waals surface area contributed by atoms with Crippen LogP contribution >= 0.6 is 11.6 Å². The summed E-state index contributed by atoms with van der Waals surface area (Å²) in [4.78, 5) is 0. The van der Waals surface area contributed by atoms with E-state index in [0.717, 1.165) is 5.56 Å². The van der Waals surface area contributed by atoms with Gasteiger partial charge in [-0.3, -0.25) is 0 Å². The Kier molecular flexibility index (Phi) is 3.44. The molecule has 5 heteroatoms. The minimum atomic E-state index is 0.423. The zero-order valence-electron chi connectivity index (χ0n) is 8.52. The van der Waals surface area contributed by atoms with Crippen molar-refractivity contribution in [2.45, 2.75) is 0 Å². The largest absolute Gasteiger partial charge is 0.474 e. The van der Waals surface area contributed by atoms with Crippen LogP contribution < -0.4 is 10.5 Å². The maximum absolute atomic E-state index is 5.79. The molecule has 0 aliphatic heterocycles. The van der Waals surface area contributed by atoms with Gasteiger partial charge in [-0.05, 0) is 29.4 Å². The molecule has 0 bridgehead atoms. The molecule has 4 nitrogen and oxygen atoms in total. The maximum Gasteiger partial charge on any atom is 0.254 e. The molecular formula is C11H11ClN2O2. The normalized spacial score (nSPS) is 10.4. The molecule has 1 heterocycles. The number of rotatable bonds is 4. The molecule has 16 heavy (non-hydrogen) atoms. The van der Waals surface area contributed by atoms with E-state index in [9.17, 15) is 0 Å². The molecule has 2 rings (SSSR count). The van der Waals surface area contributed by atoms with Crippen molar-refractivity contribution >= 4 is 11.6 Å². The highest BCUT2D eigenvalue weighted by Gasteiger charge is 2.06. The number of aromatic nitrogens is 1. The maximum atomic E-state index is 5.79. The second-order valence-electron chi connectivity index (χ2n) is 3.17. The fraction of sp³-hybridized carbons (Fsp3) is 0.182. The quantitative estimate of drug-likeness (QED) is 0.888. The Morgan fingerprint density at radius 2 is 2.06 bits per heavy atom. The summed E-state index contributed by atoms with van der Waals surface area (Å²) in [7, 11) is 0. The van der Waals surface area contributed by atoms with E-state index in [2.05, 4.69) is 5.16 Å². The van der Waals surface area contributed by atoms with Crippen LogP contribution in [0.15, 0.2) is 34.9 Å². The highest BCUT2D eigenvalue weighted by atomic mass is 35.5. The zero-order valence-corrected chi connectivity index (χ0v) is 9.28. The van der Waals surface area contributed by atoms with Gasteiger partial charge in [0.15, 0.2) is 5.76 Å². The molecule has 0 spiro atoms. The average Bonchev–Trinajstić information content (AvgIpc) is 2.76. The Morgan fingerprint density at radius 1 is 1.31 bits per heavy atom. The van der Waals surface area contributed by atoms with Crippen molar-refractivity contribution in [3.8, 4) is 17.2 Å². The number of hydrogen-bond acceptors (Lipinski definition) is 4. The average molecular weight is 239 g/mol. The Hall–Kier alpha value is -1.52. The molecule has 84 valence electrons. The first-order chi connectivity index (χ1) is 7.79. The lowest BCUT2D eigenvalue weighted by atomic mass is 10.2. The first-order valence-electron chi connectivity index (χ1n) is 4.85. The number of hydrogen-bond donors (Lipinski definition) is 1. The highest BCUT2D eigenvalue weighted by Crippen LogP contribution is 2.24. The lowest BCUT2D eigenvalue weighted by Gasteiger charge is -1.96. The Labute approximate surface area is 97.9 Å². The van der Waals surface area contributed by atoms with Crippen LogP contribution in [0, 0.1) is 0 Å². The van der Waals surface area contributed by atoms with Crippen LogP contribution in [0.4, 0.5) is 0 Å². The fourth-order valence-electron chi connectivity index (χ4n) is 1.24. The van der Waals surface area contributed by atoms with E-state index >= 15 is 0 Å². The third-order valence-corrected chi connectivity index (χ3v) is 2.24. The molecule has 1 aromatic heterocycles. The van der Waals surface area contributed by atoms with Crippen molar-refractivity contribution in [1.82, 2.24) is 5.16 Å². The van der Waals surface area contributed by atoms with Gasteiger partial charge in [0.25, 0.3) is 5.88 Å². The first-order valence-corrected chi connectivity index (χ1v) is 5.23. The molecule has 0 aliphatic carbocycles. The number of ether oxygens (including phenoxy) is 1. The van der Waals surface area contributed by atoms with Crippen LogP contribution in [0.2, 0.25) is 5.02 Å². The van der Waals surface area contributed by atoms with E-state index in [0.29, 0.717) is 29.8 Å². The Balaban J connectivity index is 2.15. The number of benzene rings is 1. The van der Waals surface area contributed by atoms with Crippen LogP contribution in [0.25, 0.3) is 11.3 Å². The molecule has 0 saturated heterocycles. The summed E-state index contributed by atoms with van der Waals surface area (Å²) in [5.74, 6) is 1.08. The molecule has 2 N–H and O–H groups in total. The lowest BCUT2D eigenvalue weighted by Crippen LogP contribution is -2.10. The van der Waals surface area contributed by atoms with Crippen molar-refractivity contribution in [1.29, 1.82) is 0 Å². The third-order valence-electron chi connectivity index (χ3n) is 1.99. The molecule has 1 aromatic carbocycles. The molecule has 0 fully saturated rings. The van der Waals surface area contributed by atoms with Gasteiger partial charge in [-0.1, -0.05) is 11.6 Å². The highest BCUT2D eigenvalue weighted by molar-refractivity contribution is 6.30. The van der Waals surface area contributed by atoms with Crippen molar-refractivity contribution in [2.24, 2.45) is 5.73 Å². The lowest BCUT2D eigenvalue weighted by molar-refractivity contribution is 0.288. The monoisotopic (exact) mass is 238 g/mol. The first kappa shape index (κ1) is 11.0. The van der Waals surface area contributed by atoms with Crippen LogP contribution in [0.5, 0.6) is 5.88 Å². The molecule has 0 unspecified atom stereocenters. The van der Waals surface area contributed by atoms with Crippen molar-refractivity contribution in [2.75, 3.05) is 13.2 Å². The third kappa shape index (κ3) is 2.53. The summed E-state index contributed by atoms with van der Waals surface area (Å²) >= 11 is 5.79. The SMILES string of the molecule is NCCOc1cc(-c2ccc(Cl)cc2)on1. The fourth-order valence-corrected chi connectivity index (χ4v) is 1.37. The van der Waals surface area contributed by atoms with E-state index < -0.39 is 0 Å². The molecule has 0 amide bonds. The molecular weight excluding hydrogens is 228 g/mol. The van der Waals surface area contributed by atoms with Gasteiger partial charge >= 0.3 is 0 Å². The van der Waals surface area contributed by atoms with Crippen molar-refractivity contribution in [3.05, 3.63) is 35.4 Å². The van der Waals surface area contributed by atoms with Gasteiger partial charge in [0.1, 0.15) is 6.61 Å². The summed E-state index contributed by atoms with van der Waals surface area (Å²) in [5.41, 5.74) is 6.22. The summed E-state index contributed by atoms with van der Waals surface area (Å²) in [6.45, 7) is 0.871. The van der Waals surface area contributed by atoms with E-state index in [4.69, 9.17) is 26.6 Å². The minimum Gasteiger partial charge on any atom is -0.474 e. The van der Waals surface area contributed by atoms with E-state index in [1.54, 1.807) is 18.2 Å². The number of halogens is 1. The van der Waals surface area contributed by atoms with Crippen molar-refractivity contribution in [3.63, 3.8) is 0 Å². The molecule has 0 saturated carbocycles. The predicted octanol–water partition coefficient (Wildman–Crippen LogP) is 2.33. The van der Waals surface area contributed by atoms with Crippen LogP contribution in [0.1, 0.15) is 0 Å². The molecule has 0 radical (unpaired) electrons. The van der Waals surface area contributed by atoms with E-state index in [1.165, 1.54) is 0 Å². The van der Waals surface area contributed by atoms with Gasteiger partial charge in [-0.15, -0.1) is 0 Å². The summed E-state index contributed by atoms with van der Waals surface area (Å²) in [6.07, 6.45) is 0. The van der Waals surface area contributed by atoms with Crippen LogP contribution in [0.3, 0.4) is 0 Å². The van der Waals surface area contributed by atoms with Gasteiger partial charge in [0.2, 0.25) is 0 Å². The summed E-state index contributed by atoms with van der Waals surface area (Å²) < 4.78 is 10.4. The predicted molar refractivity (Wildman–Crippen MR) is 61.5 cm³/mol. The number of nitrogens with two attached hydrogens (primary N) is 1. The molecule has 0 aliphatic rings. The van der Waals surface area contributed by atoms with Gasteiger partial charge in [-0.2, -0.15) is 0 Å². The number of nitrogens with zero attached hydrogens (tertiary/aromatic N) is 1. The van der Waals surface area contributed by atoms with Gasteiger partial charge in [0.05, 0.1) is 0 Å². The summed E-state index contributed by atoms with van der Waals surface area (Å²) in [5, 5.41) is 4.45. The minimum absolute atomic E-state index is 0.423. The van der Waals surface area contributed by atoms with Crippen molar-refractivity contribution < 1.29 is 9.26 Å². The molecule has 0 atom stereocenters. The summed E-state index contributed by atoms with van der Waals surface area (Å²) in [6, 6.07) is 9.02. The second-order valence-corrected chi connectivity index (χ2v) is 3.61. The van der Waals surface area contributed by atoms with Gasteiger partial charge in [-0.25, -0.2) is 0 Å². The van der Waals surface area contributed by atoms with Crippen LogP contribution in [-0.4, -0.2) is 18.3 Å². The second kappa shape index (κ2) is 5.01. The Morgan fingerprint density at radius 3 is 2.75 bits per heavy atom. The standard InChI is InChI=1S/C11H11ClN2O2/c12-9-3-1-8(2-4-9)10-7-11(14-16-10)15-6-5-13/h1-4,7H,5-6,13H2. The van der Waals surface area contributed by atoms with Gasteiger partial charge < -0.3 is 15.0 Å². The topological polar surface area (TPSA) is 61.3 Å². The smallest absolute Gasteiger partial charge is 0.254 e. The van der Waals surface area contributed by atoms with E-state index in [-0.39, 0.29) is 0 Å². The van der Waals surface area contributed by atoms with Gasteiger partial charge in [0, 0.05) is 23.2 Å². The van der Waals surface area contributed by atoms with E-state index in [1.807, 2.05) is 12.1 Å².